The molecule has 0 amide bonds. The van der Waals surface area contributed by atoms with Crippen molar-refractivity contribution in [2.45, 2.75) is 25.9 Å². The zero-order valence-corrected chi connectivity index (χ0v) is 15.2. The van der Waals surface area contributed by atoms with E-state index >= 15 is 0 Å². The maximum atomic E-state index is 12.9. The van der Waals surface area contributed by atoms with Gasteiger partial charge < -0.3 is 14.8 Å². The van der Waals surface area contributed by atoms with E-state index in [1.807, 2.05) is 38.1 Å². The maximum absolute atomic E-state index is 12.9. The number of carbonyl (C=O) groups is 1. The van der Waals surface area contributed by atoms with Crippen LogP contribution >= 0.6 is 0 Å². The van der Waals surface area contributed by atoms with Gasteiger partial charge in [-0.15, -0.1) is 0 Å². The number of ketones is 1. The number of nitrogens with two attached hydrogens (primary N) is 1. The molecule has 0 aromatic heterocycles. The van der Waals surface area contributed by atoms with Crippen LogP contribution in [0.4, 0.5) is 0 Å². The molecule has 3 rings (SSSR count). The lowest BCUT2D eigenvalue weighted by Gasteiger charge is -2.36. The van der Waals surface area contributed by atoms with Crippen LogP contribution in [0.1, 0.15) is 37.1 Å². The number of benzene rings is 2. The smallest absolute Gasteiger partial charge is 0.151 e. The Labute approximate surface area is 149 Å². The molecule has 0 spiro atoms. The summed E-state index contributed by atoms with van der Waals surface area (Å²) >= 11 is 0. The van der Waals surface area contributed by atoms with Crippen molar-refractivity contribution in [1.29, 1.82) is 0 Å². The summed E-state index contributed by atoms with van der Waals surface area (Å²) in [5, 5.41) is 2.33. The van der Waals surface area contributed by atoms with Crippen LogP contribution in [-0.4, -0.2) is 20.0 Å². The number of hydrogen-bond acceptors (Lipinski definition) is 3. The van der Waals surface area contributed by atoms with Crippen molar-refractivity contribution >= 4 is 5.78 Å². The van der Waals surface area contributed by atoms with E-state index in [1.165, 1.54) is 0 Å². The highest BCUT2D eigenvalue weighted by Crippen LogP contribution is 2.33. The first-order valence-corrected chi connectivity index (χ1v) is 8.71. The van der Waals surface area contributed by atoms with Gasteiger partial charge in [0.25, 0.3) is 0 Å². The molecule has 4 atom stereocenters. The van der Waals surface area contributed by atoms with E-state index < -0.39 is 0 Å². The Morgan fingerprint density at radius 3 is 1.40 bits per heavy atom. The van der Waals surface area contributed by atoms with Gasteiger partial charge >= 0.3 is 0 Å². The van der Waals surface area contributed by atoms with Gasteiger partial charge in [-0.3, -0.25) is 4.79 Å². The molecule has 4 heteroatoms. The first-order chi connectivity index (χ1) is 12.0. The molecular formula is C21H26NO3+. The summed E-state index contributed by atoms with van der Waals surface area (Å²) in [6.45, 7) is 4.07. The lowest BCUT2D eigenvalue weighted by molar-refractivity contribution is -0.748. The number of quaternary nitrogens is 1. The molecule has 1 heterocycles. The summed E-state index contributed by atoms with van der Waals surface area (Å²) in [5.74, 6) is 1.96. The predicted molar refractivity (Wildman–Crippen MR) is 96.7 cm³/mol. The predicted octanol–water partition coefficient (Wildman–Crippen LogP) is 2.90. The molecule has 1 saturated heterocycles. The van der Waals surface area contributed by atoms with Crippen molar-refractivity contribution in [2.24, 2.45) is 11.8 Å². The zero-order chi connectivity index (χ0) is 18.0. The molecule has 132 valence electrons. The van der Waals surface area contributed by atoms with E-state index in [-0.39, 0.29) is 23.9 Å². The van der Waals surface area contributed by atoms with Gasteiger partial charge in [0.2, 0.25) is 0 Å². The van der Waals surface area contributed by atoms with Crippen molar-refractivity contribution in [2.75, 3.05) is 14.2 Å². The highest BCUT2D eigenvalue weighted by molar-refractivity contribution is 5.84. The van der Waals surface area contributed by atoms with Crippen LogP contribution in [0.15, 0.2) is 48.5 Å². The van der Waals surface area contributed by atoms with E-state index in [0.29, 0.717) is 5.78 Å². The van der Waals surface area contributed by atoms with Gasteiger partial charge in [-0.1, -0.05) is 0 Å². The SMILES string of the molecule is COc1ccc([C@H]2[NH2+][C@@H](c3ccc(OC)cc3)[C@@H](C)C(=O)[C@H]2C)cc1. The van der Waals surface area contributed by atoms with Crippen LogP contribution in [0.3, 0.4) is 0 Å². The molecule has 1 fully saturated rings. The highest BCUT2D eigenvalue weighted by atomic mass is 16.5. The fraction of sp³-hybridized carbons (Fsp3) is 0.381. The van der Waals surface area contributed by atoms with E-state index in [2.05, 4.69) is 29.6 Å². The molecule has 0 radical (unpaired) electrons. The molecule has 1 aliphatic heterocycles. The lowest BCUT2D eigenvalue weighted by atomic mass is 9.76. The summed E-state index contributed by atoms with van der Waals surface area (Å²) in [6, 6.07) is 16.3. The minimum atomic E-state index is -0.0158. The average Bonchev–Trinajstić information content (AvgIpc) is 2.67. The Bertz CT molecular complexity index is 662. The maximum Gasteiger partial charge on any atom is 0.151 e. The second-order valence-electron chi connectivity index (χ2n) is 6.77. The van der Waals surface area contributed by atoms with E-state index in [4.69, 9.17) is 9.47 Å². The molecule has 0 aliphatic carbocycles. The number of rotatable bonds is 4. The van der Waals surface area contributed by atoms with Crippen LogP contribution < -0.4 is 14.8 Å². The first-order valence-electron chi connectivity index (χ1n) is 8.71. The third kappa shape index (κ3) is 3.40. The van der Waals surface area contributed by atoms with Gasteiger partial charge in [0, 0.05) is 11.1 Å². The van der Waals surface area contributed by atoms with E-state index in [9.17, 15) is 4.79 Å². The van der Waals surface area contributed by atoms with Crippen molar-refractivity contribution in [3.8, 4) is 11.5 Å². The summed E-state index contributed by atoms with van der Waals surface area (Å²) < 4.78 is 10.5. The standard InChI is InChI=1S/C21H25NO3/c1-13-19(15-5-9-17(24-3)10-6-15)22-20(14(2)21(13)23)16-7-11-18(25-4)12-8-16/h5-14,19-20,22H,1-4H3/p+1/t13-,14+,19-,20+. The molecule has 0 bridgehead atoms. The minimum Gasteiger partial charge on any atom is -0.497 e. The minimum absolute atomic E-state index is 0.0158. The molecule has 2 aromatic carbocycles. The Morgan fingerprint density at radius 1 is 0.720 bits per heavy atom. The molecule has 2 aromatic rings. The summed E-state index contributed by atoms with van der Waals surface area (Å²) in [5.41, 5.74) is 2.32. The fourth-order valence-electron chi connectivity index (χ4n) is 3.78. The normalized spacial score (nSPS) is 26.3. The molecule has 0 saturated carbocycles. The van der Waals surface area contributed by atoms with Crippen LogP contribution in [0.25, 0.3) is 0 Å². The second kappa shape index (κ2) is 7.28. The highest BCUT2D eigenvalue weighted by Gasteiger charge is 2.43. The van der Waals surface area contributed by atoms with Gasteiger partial charge in [0.05, 0.1) is 26.1 Å². The van der Waals surface area contributed by atoms with Gasteiger partial charge in [-0.2, -0.15) is 0 Å². The number of carbonyl (C=O) groups excluding carboxylic acids is 1. The Kier molecular flexibility index (Phi) is 5.09. The van der Waals surface area contributed by atoms with Crippen molar-refractivity contribution < 1.29 is 19.6 Å². The number of Topliss-reactive ketones (excluding diaryl/α,β-unsaturated/α-hetero) is 1. The van der Waals surface area contributed by atoms with Crippen LogP contribution in [0, 0.1) is 11.8 Å². The third-order valence-electron chi connectivity index (χ3n) is 5.39. The van der Waals surface area contributed by atoms with Crippen molar-refractivity contribution in [3.63, 3.8) is 0 Å². The van der Waals surface area contributed by atoms with Crippen LogP contribution in [0.2, 0.25) is 0 Å². The molecular weight excluding hydrogens is 314 g/mol. The van der Waals surface area contributed by atoms with Crippen LogP contribution in [0.5, 0.6) is 11.5 Å². The van der Waals surface area contributed by atoms with Crippen molar-refractivity contribution in [1.82, 2.24) is 0 Å². The zero-order valence-electron chi connectivity index (χ0n) is 15.2. The fourth-order valence-corrected chi connectivity index (χ4v) is 3.78. The number of hydrogen-bond donors (Lipinski definition) is 1. The molecule has 2 N–H and O–H groups in total. The summed E-state index contributed by atoms with van der Waals surface area (Å²) in [7, 11) is 3.32. The van der Waals surface area contributed by atoms with Crippen LogP contribution in [-0.2, 0) is 4.79 Å². The number of ether oxygens (including phenoxy) is 2. The van der Waals surface area contributed by atoms with Gasteiger partial charge in [0.1, 0.15) is 23.6 Å². The Hall–Kier alpha value is -2.33. The lowest BCUT2D eigenvalue weighted by Crippen LogP contribution is -2.91. The van der Waals surface area contributed by atoms with Crippen molar-refractivity contribution in [3.05, 3.63) is 59.7 Å². The topological polar surface area (TPSA) is 52.1 Å². The molecule has 0 unspecified atom stereocenters. The summed E-state index contributed by atoms with van der Waals surface area (Å²) in [6.07, 6.45) is 0. The molecule has 1 aliphatic rings. The van der Waals surface area contributed by atoms with Gasteiger partial charge in [0.15, 0.2) is 5.78 Å². The Balaban J connectivity index is 1.89. The Morgan fingerprint density at radius 2 is 1.08 bits per heavy atom. The monoisotopic (exact) mass is 340 g/mol. The summed E-state index contributed by atoms with van der Waals surface area (Å²) in [4.78, 5) is 12.9. The van der Waals surface area contributed by atoms with E-state index in [0.717, 1.165) is 22.6 Å². The van der Waals surface area contributed by atoms with Gasteiger partial charge in [-0.25, -0.2) is 0 Å². The third-order valence-corrected chi connectivity index (χ3v) is 5.39. The number of piperidine rings is 1. The molecule has 25 heavy (non-hydrogen) atoms. The van der Waals surface area contributed by atoms with Gasteiger partial charge in [-0.05, 0) is 62.4 Å². The van der Waals surface area contributed by atoms with E-state index in [1.54, 1.807) is 14.2 Å². The largest absolute Gasteiger partial charge is 0.497 e. The quantitative estimate of drug-likeness (QED) is 0.931. The number of methoxy groups -OCH3 is 2. The average molecular weight is 340 g/mol. The first kappa shape index (κ1) is 17.5. The molecule has 4 nitrogen and oxygen atoms in total. The second-order valence-corrected chi connectivity index (χ2v) is 6.77.